The highest BCUT2D eigenvalue weighted by atomic mass is 16.3. The molecule has 0 saturated carbocycles. The van der Waals surface area contributed by atoms with E-state index in [9.17, 15) is 5.11 Å². The smallest absolute Gasteiger partial charge is 0.0580 e. The molecule has 1 N–H and O–H groups in total. The van der Waals surface area contributed by atoms with Gasteiger partial charge in [0, 0.05) is 12.4 Å². The molecule has 2 heteroatoms. The summed E-state index contributed by atoms with van der Waals surface area (Å²) in [5.74, 6) is 0. The fourth-order valence-electron chi connectivity index (χ4n) is 2.58. The van der Waals surface area contributed by atoms with Crippen LogP contribution in [-0.4, -0.2) is 16.2 Å². The van der Waals surface area contributed by atoms with E-state index >= 15 is 0 Å². The first kappa shape index (κ1) is 17.2. The Kier molecular flexibility index (Phi) is 10.2. The summed E-state index contributed by atoms with van der Waals surface area (Å²) < 4.78 is 0. The zero-order valence-electron chi connectivity index (χ0n) is 13.1. The number of nitrogens with zero attached hydrogens (tertiary/aromatic N) is 1. The van der Waals surface area contributed by atoms with Gasteiger partial charge in [-0.3, -0.25) is 4.98 Å². The molecule has 1 rings (SSSR count). The van der Waals surface area contributed by atoms with Gasteiger partial charge in [-0.15, -0.1) is 0 Å². The van der Waals surface area contributed by atoms with E-state index in [4.69, 9.17) is 0 Å². The normalized spacial score (nSPS) is 12.5. The quantitative estimate of drug-likeness (QED) is 0.551. The minimum atomic E-state index is -0.193. The van der Waals surface area contributed by atoms with Gasteiger partial charge >= 0.3 is 0 Å². The van der Waals surface area contributed by atoms with Crippen molar-refractivity contribution >= 4 is 0 Å². The third-order valence-electron chi connectivity index (χ3n) is 3.86. The van der Waals surface area contributed by atoms with Crippen LogP contribution in [0.5, 0.6) is 0 Å². The minimum absolute atomic E-state index is 0.193. The Morgan fingerprint density at radius 2 is 1.45 bits per heavy atom. The molecule has 2 nitrogen and oxygen atoms in total. The van der Waals surface area contributed by atoms with Gasteiger partial charge < -0.3 is 5.11 Å². The molecule has 1 aromatic heterocycles. The van der Waals surface area contributed by atoms with Crippen molar-refractivity contribution in [3.8, 4) is 0 Å². The maximum atomic E-state index is 9.98. The zero-order chi connectivity index (χ0) is 14.5. The molecule has 0 aliphatic carbocycles. The summed E-state index contributed by atoms with van der Waals surface area (Å²) in [7, 11) is 0. The summed E-state index contributed by atoms with van der Waals surface area (Å²) in [6, 6.07) is 3.97. The summed E-state index contributed by atoms with van der Waals surface area (Å²) in [5, 5.41) is 9.98. The fraction of sp³-hybridized carbons (Fsp3) is 0.722. The molecule has 1 aromatic rings. The van der Waals surface area contributed by atoms with Crippen LogP contribution in [0.15, 0.2) is 24.5 Å². The van der Waals surface area contributed by atoms with Gasteiger partial charge in [-0.1, -0.05) is 64.7 Å². The van der Waals surface area contributed by atoms with Crippen LogP contribution in [0, 0.1) is 0 Å². The van der Waals surface area contributed by atoms with Crippen LogP contribution in [0.4, 0.5) is 0 Å². The summed E-state index contributed by atoms with van der Waals surface area (Å²) >= 11 is 0. The van der Waals surface area contributed by atoms with E-state index in [1.54, 1.807) is 12.4 Å². The molecule has 0 saturated heterocycles. The van der Waals surface area contributed by atoms with E-state index in [-0.39, 0.29) is 6.10 Å². The van der Waals surface area contributed by atoms with Gasteiger partial charge in [0.1, 0.15) is 0 Å². The third kappa shape index (κ3) is 9.08. The van der Waals surface area contributed by atoms with Crippen LogP contribution in [0.25, 0.3) is 0 Å². The Hall–Kier alpha value is -0.890. The Balaban J connectivity index is 1.91. The second-order valence-electron chi connectivity index (χ2n) is 5.83. The van der Waals surface area contributed by atoms with Crippen molar-refractivity contribution in [2.24, 2.45) is 0 Å². The lowest BCUT2D eigenvalue weighted by molar-refractivity contribution is 0.161. The van der Waals surface area contributed by atoms with Crippen molar-refractivity contribution in [3.63, 3.8) is 0 Å². The van der Waals surface area contributed by atoms with Crippen molar-refractivity contribution in [2.75, 3.05) is 0 Å². The van der Waals surface area contributed by atoms with Crippen molar-refractivity contribution in [2.45, 2.75) is 83.7 Å². The van der Waals surface area contributed by atoms with E-state index in [0.29, 0.717) is 0 Å². The predicted octanol–water partition coefficient (Wildman–Crippen LogP) is 4.91. The molecule has 0 aromatic carbocycles. The van der Waals surface area contributed by atoms with E-state index < -0.39 is 0 Å². The first-order chi connectivity index (χ1) is 9.83. The molecule has 0 aliphatic heterocycles. The van der Waals surface area contributed by atoms with Crippen LogP contribution >= 0.6 is 0 Å². The van der Waals surface area contributed by atoms with Gasteiger partial charge in [-0.05, 0) is 30.5 Å². The monoisotopic (exact) mass is 277 g/mol. The van der Waals surface area contributed by atoms with Crippen LogP contribution < -0.4 is 0 Å². The van der Waals surface area contributed by atoms with Crippen LogP contribution in [-0.2, 0) is 6.42 Å². The molecular weight excluding hydrogens is 246 g/mol. The van der Waals surface area contributed by atoms with Crippen molar-refractivity contribution < 1.29 is 5.11 Å². The highest BCUT2D eigenvalue weighted by Gasteiger charge is 2.05. The second-order valence-corrected chi connectivity index (χ2v) is 5.83. The lowest BCUT2D eigenvalue weighted by atomic mass is 10.0. The minimum Gasteiger partial charge on any atom is -0.393 e. The molecular formula is C18H31NO. The Morgan fingerprint density at radius 1 is 0.900 bits per heavy atom. The van der Waals surface area contributed by atoms with E-state index in [2.05, 4.69) is 11.9 Å². The first-order valence-electron chi connectivity index (χ1n) is 8.40. The van der Waals surface area contributed by atoms with Gasteiger partial charge in [-0.2, -0.15) is 0 Å². The molecule has 114 valence electrons. The number of unbranched alkanes of at least 4 members (excludes halogenated alkanes) is 8. The van der Waals surface area contributed by atoms with Crippen molar-refractivity contribution in [1.29, 1.82) is 0 Å². The molecule has 20 heavy (non-hydrogen) atoms. The highest BCUT2D eigenvalue weighted by Crippen LogP contribution is 2.13. The van der Waals surface area contributed by atoms with Gasteiger partial charge in [0.2, 0.25) is 0 Å². The molecule has 1 heterocycles. The van der Waals surface area contributed by atoms with E-state index in [0.717, 1.165) is 19.3 Å². The fourth-order valence-corrected chi connectivity index (χ4v) is 2.58. The maximum Gasteiger partial charge on any atom is 0.0580 e. The molecule has 0 radical (unpaired) electrons. The summed E-state index contributed by atoms with van der Waals surface area (Å²) in [6.45, 7) is 2.26. The van der Waals surface area contributed by atoms with Gasteiger partial charge in [0.05, 0.1) is 6.10 Å². The number of aromatic nitrogens is 1. The van der Waals surface area contributed by atoms with Gasteiger partial charge in [-0.25, -0.2) is 0 Å². The summed E-state index contributed by atoms with van der Waals surface area (Å²) in [5.41, 5.74) is 1.18. The number of hydrogen-bond acceptors (Lipinski definition) is 2. The molecule has 0 aliphatic rings. The van der Waals surface area contributed by atoms with Gasteiger partial charge in [0.15, 0.2) is 0 Å². The predicted molar refractivity (Wildman–Crippen MR) is 85.8 cm³/mol. The zero-order valence-corrected chi connectivity index (χ0v) is 13.1. The Bertz CT molecular complexity index is 312. The van der Waals surface area contributed by atoms with E-state index in [1.807, 2.05) is 12.1 Å². The van der Waals surface area contributed by atoms with Crippen LogP contribution in [0.2, 0.25) is 0 Å². The number of hydrogen-bond donors (Lipinski definition) is 1. The second kappa shape index (κ2) is 11.9. The topological polar surface area (TPSA) is 33.1 Å². The third-order valence-corrected chi connectivity index (χ3v) is 3.86. The lowest BCUT2D eigenvalue weighted by Crippen LogP contribution is -2.10. The lowest BCUT2D eigenvalue weighted by Gasteiger charge is -2.10. The van der Waals surface area contributed by atoms with Gasteiger partial charge in [0.25, 0.3) is 0 Å². The number of aliphatic hydroxyl groups is 1. The number of aliphatic hydroxyl groups excluding tert-OH is 1. The Labute approximate surface area is 124 Å². The molecule has 1 atom stereocenters. The largest absolute Gasteiger partial charge is 0.393 e. The molecule has 1 unspecified atom stereocenters. The Morgan fingerprint density at radius 3 is 2.05 bits per heavy atom. The first-order valence-corrected chi connectivity index (χ1v) is 8.40. The van der Waals surface area contributed by atoms with Crippen molar-refractivity contribution in [1.82, 2.24) is 4.98 Å². The SMILES string of the molecule is CCCCCCCCCCCC(O)Cc1ccncc1. The highest BCUT2D eigenvalue weighted by molar-refractivity contribution is 5.10. The average Bonchev–Trinajstić information content (AvgIpc) is 2.46. The van der Waals surface area contributed by atoms with E-state index in [1.165, 1.54) is 56.9 Å². The summed E-state index contributed by atoms with van der Waals surface area (Å²) in [6.07, 6.45) is 17.1. The van der Waals surface area contributed by atoms with Crippen LogP contribution in [0.1, 0.15) is 76.7 Å². The molecule has 0 bridgehead atoms. The standard InChI is InChI=1S/C18H31NO/c1-2-3-4-5-6-7-8-9-10-11-18(20)16-17-12-14-19-15-13-17/h12-15,18,20H,2-11,16H2,1H3. The summed E-state index contributed by atoms with van der Waals surface area (Å²) in [4.78, 5) is 3.99. The maximum absolute atomic E-state index is 9.98. The van der Waals surface area contributed by atoms with Crippen LogP contribution in [0.3, 0.4) is 0 Å². The average molecular weight is 277 g/mol. The molecule has 0 fully saturated rings. The van der Waals surface area contributed by atoms with Crippen molar-refractivity contribution in [3.05, 3.63) is 30.1 Å². The number of rotatable bonds is 12. The number of pyridine rings is 1. The molecule has 0 spiro atoms. The molecule has 0 amide bonds.